The lowest BCUT2D eigenvalue weighted by Crippen LogP contribution is -2.15. The summed E-state index contributed by atoms with van der Waals surface area (Å²) < 4.78 is 13.7. The van der Waals surface area contributed by atoms with Crippen LogP contribution in [0.4, 0.5) is 4.39 Å². The van der Waals surface area contributed by atoms with Crippen LogP contribution >= 0.6 is 0 Å². The van der Waals surface area contributed by atoms with E-state index in [2.05, 4.69) is 21.5 Å². The van der Waals surface area contributed by atoms with E-state index in [4.69, 9.17) is 0 Å². The Morgan fingerprint density at radius 3 is 3.00 bits per heavy atom. The molecule has 0 atom stereocenters. The summed E-state index contributed by atoms with van der Waals surface area (Å²) in [6.07, 6.45) is 3.21. The molecule has 2 heterocycles. The number of fused-ring (bicyclic) bond motifs is 1. The molecule has 2 aromatic heterocycles. The quantitative estimate of drug-likeness (QED) is 0.835. The van der Waals surface area contributed by atoms with E-state index in [1.807, 2.05) is 6.92 Å². The molecular formula is C11H10FN3O. The molecular weight excluding hydrogens is 209 g/mol. The van der Waals surface area contributed by atoms with Gasteiger partial charge in [0.25, 0.3) is 5.56 Å². The van der Waals surface area contributed by atoms with Crippen LogP contribution in [-0.4, -0.2) is 15.0 Å². The summed E-state index contributed by atoms with van der Waals surface area (Å²) >= 11 is 0. The fourth-order valence-electron chi connectivity index (χ4n) is 1.46. The second kappa shape index (κ2) is 3.84. The Morgan fingerprint density at radius 1 is 1.62 bits per heavy atom. The standard InChI is InChI=1S/C11H10FN3O/c1-3-6-9(12)10-8(5-13-6)14-7(4-2)11(16)15-10/h3,5H,1,4H2,2H3,(H,15,16). The molecule has 0 saturated carbocycles. The number of nitrogens with one attached hydrogen (secondary N) is 1. The number of rotatable bonds is 2. The highest BCUT2D eigenvalue weighted by Gasteiger charge is 2.10. The Balaban J connectivity index is 2.86. The molecule has 0 aliphatic carbocycles. The maximum Gasteiger partial charge on any atom is 0.270 e. The van der Waals surface area contributed by atoms with E-state index in [0.29, 0.717) is 17.6 Å². The number of hydrogen-bond acceptors (Lipinski definition) is 3. The minimum absolute atomic E-state index is 0.0760. The predicted molar refractivity (Wildman–Crippen MR) is 59.6 cm³/mol. The first-order valence-corrected chi connectivity index (χ1v) is 4.87. The molecule has 82 valence electrons. The Labute approximate surface area is 90.9 Å². The van der Waals surface area contributed by atoms with Gasteiger partial charge in [0.05, 0.1) is 6.20 Å². The van der Waals surface area contributed by atoms with Gasteiger partial charge in [0.1, 0.15) is 22.4 Å². The molecule has 0 aromatic carbocycles. The van der Waals surface area contributed by atoms with Crippen LogP contribution in [0.3, 0.4) is 0 Å². The number of pyridine rings is 1. The zero-order valence-electron chi connectivity index (χ0n) is 8.75. The van der Waals surface area contributed by atoms with Crippen LogP contribution in [0.2, 0.25) is 0 Å². The third-order valence-corrected chi connectivity index (χ3v) is 2.31. The van der Waals surface area contributed by atoms with Crippen molar-refractivity contribution in [2.24, 2.45) is 0 Å². The average Bonchev–Trinajstić information content (AvgIpc) is 2.30. The van der Waals surface area contributed by atoms with Gasteiger partial charge in [-0.2, -0.15) is 0 Å². The summed E-state index contributed by atoms with van der Waals surface area (Å²) in [5.74, 6) is -0.597. The van der Waals surface area contributed by atoms with Gasteiger partial charge in [-0.1, -0.05) is 13.5 Å². The molecule has 1 N–H and O–H groups in total. The third kappa shape index (κ3) is 1.50. The molecule has 0 saturated heterocycles. The van der Waals surface area contributed by atoms with Gasteiger partial charge >= 0.3 is 0 Å². The van der Waals surface area contributed by atoms with Gasteiger partial charge in [-0.3, -0.25) is 9.78 Å². The van der Waals surface area contributed by atoms with Crippen molar-refractivity contribution >= 4 is 17.1 Å². The number of halogens is 1. The SMILES string of the molecule is C=Cc1ncc2nc(CC)c(=O)[nH]c2c1F. The minimum Gasteiger partial charge on any atom is -0.317 e. The lowest BCUT2D eigenvalue weighted by Gasteiger charge is -2.02. The molecule has 0 spiro atoms. The number of aromatic nitrogens is 3. The molecule has 16 heavy (non-hydrogen) atoms. The van der Waals surface area contributed by atoms with Gasteiger partial charge in [-0.05, 0) is 12.5 Å². The first-order chi connectivity index (χ1) is 7.67. The van der Waals surface area contributed by atoms with Crippen LogP contribution in [0, 0.1) is 5.82 Å². The van der Waals surface area contributed by atoms with E-state index in [0.717, 1.165) is 0 Å². The maximum atomic E-state index is 13.7. The van der Waals surface area contributed by atoms with Crippen molar-refractivity contribution in [3.63, 3.8) is 0 Å². The summed E-state index contributed by atoms with van der Waals surface area (Å²) in [6, 6.07) is 0. The molecule has 0 amide bonds. The van der Waals surface area contributed by atoms with Crippen molar-refractivity contribution in [3.05, 3.63) is 40.3 Å². The molecule has 2 rings (SSSR count). The molecule has 0 radical (unpaired) electrons. The van der Waals surface area contributed by atoms with E-state index < -0.39 is 5.82 Å². The molecule has 0 aliphatic heterocycles. The fourth-order valence-corrected chi connectivity index (χ4v) is 1.46. The first kappa shape index (κ1) is 10.5. The highest BCUT2D eigenvalue weighted by Crippen LogP contribution is 2.14. The van der Waals surface area contributed by atoms with Crippen molar-refractivity contribution in [2.45, 2.75) is 13.3 Å². The van der Waals surface area contributed by atoms with Crippen LogP contribution in [-0.2, 0) is 6.42 Å². The van der Waals surface area contributed by atoms with Crippen molar-refractivity contribution in [3.8, 4) is 0 Å². The number of aryl methyl sites for hydroxylation is 1. The van der Waals surface area contributed by atoms with Crippen molar-refractivity contribution in [1.29, 1.82) is 0 Å². The molecule has 5 heteroatoms. The molecule has 0 aliphatic rings. The Kier molecular flexibility index (Phi) is 2.52. The number of nitrogens with zero attached hydrogens (tertiary/aromatic N) is 2. The second-order valence-electron chi connectivity index (χ2n) is 3.29. The van der Waals surface area contributed by atoms with Crippen LogP contribution in [0.5, 0.6) is 0 Å². The molecule has 0 fully saturated rings. The van der Waals surface area contributed by atoms with Gasteiger partial charge in [-0.25, -0.2) is 9.37 Å². The summed E-state index contributed by atoms with van der Waals surface area (Å²) in [5, 5.41) is 0. The zero-order valence-corrected chi connectivity index (χ0v) is 8.75. The normalized spacial score (nSPS) is 10.6. The number of H-pyrrole nitrogens is 1. The van der Waals surface area contributed by atoms with Crippen LogP contribution in [0.25, 0.3) is 17.1 Å². The van der Waals surface area contributed by atoms with Gasteiger partial charge < -0.3 is 4.98 Å². The molecule has 0 unspecified atom stereocenters. The number of aromatic amines is 1. The van der Waals surface area contributed by atoms with E-state index in [-0.39, 0.29) is 16.8 Å². The molecule has 2 aromatic rings. The topological polar surface area (TPSA) is 58.6 Å². The minimum atomic E-state index is -0.597. The van der Waals surface area contributed by atoms with Crippen LogP contribution in [0.1, 0.15) is 18.3 Å². The molecule has 0 bridgehead atoms. The first-order valence-electron chi connectivity index (χ1n) is 4.87. The van der Waals surface area contributed by atoms with E-state index in [9.17, 15) is 9.18 Å². The molecule has 4 nitrogen and oxygen atoms in total. The maximum absolute atomic E-state index is 13.7. The average molecular weight is 219 g/mol. The smallest absolute Gasteiger partial charge is 0.270 e. The lowest BCUT2D eigenvalue weighted by atomic mass is 10.2. The summed E-state index contributed by atoms with van der Waals surface area (Å²) in [6.45, 7) is 5.25. The Hall–Kier alpha value is -2.04. The van der Waals surface area contributed by atoms with Crippen LogP contribution in [0.15, 0.2) is 17.6 Å². The van der Waals surface area contributed by atoms with Crippen molar-refractivity contribution in [1.82, 2.24) is 15.0 Å². The highest BCUT2D eigenvalue weighted by molar-refractivity contribution is 5.76. The highest BCUT2D eigenvalue weighted by atomic mass is 19.1. The van der Waals surface area contributed by atoms with Gasteiger partial charge in [0.15, 0.2) is 5.82 Å². The van der Waals surface area contributed by atoms with E-state index in [1.54, 1.807) is 0 Å². The second-order valence-corrected chi connectivity index (χ2v) is 3.29. The summed E-state index contributed by atoms with van der Waals surface area (Å²) in [7, 11) is 0. The zero-order chi connectivity index (χ0) is 11.7. The lowest BCUT2D eigenvalue weighted by molar-refractivity contribution is 0.626. The van der Waals surface area contributed by atoms with Crippen LogP contribution < -0.4 is 5.56 Å². The predicted octanol–water partition coefficient (Wildman–Crippen LogP) is 1.66. The fraction of sp³-hybridized carbons (Fsp3) is 0.182. The van der Waals surface area contributed by atoms with Gasteiger partial charge in [0, 0.05) is 0 Å². The van der Waals surface area contributed by atoms with E-state index >= 15 is 0 Å². The van der Waals surface area contributed by atoms with E-state index in [1.165, 1.54) is 12.3 Å². The van der Waals surface area contributed by atoms with Gasteiger partial charge in [0.2, 0.25) is 0 Å². The monoisotopic (exact) mass is 219 g/mol. The summed E-state index contributed by atoms with van der Waals surface area (Å²) in [5.41, 5.74) is 0.538. The van der Waals surface area contributed by atoms with Crippen molar-refractivity contribution in [2.75, 3.05) is 0 Å². The van der Waals surface area contributed by atoms with Crippen molar-refractivity contribution < 1.29 is 4.39 Å². The third-order valence-electron chi connectivity index (χ3n) is 2.31. The Morgan fingerprint density at radius 2 is 2.38 bits per heavy atom. The number of hydrogen-bond donors (Lipinski definition) is 1. The largest absolute Gasteiger partial charge is 0.317 e. The Bertz CT molecular complexity index is 618. The summed E-state index contributed by atoms with van der Waals surface area (Å²) in [4.78, 5) is 21.9. The van der Waals surface area contributed by atoms with Gasteiger partial charge in [-0.15, -0.1) is 0 Å².